The van der Waals surface area contributed by atoms with Gasteiger partial charge in [-0.15, -0.1) is 0 Å². The van der Waals surface area contributed by atoms with Crippen LogP contribution in [-0.2, 0) is 11.2 Å². The first kappa shape index (κ1) is 19.9. The van der Waals surface area contributed by atoms with Crippen molar-refractivity contribution in [3.8, 4) is 0 Å². The molecule has 6 nitrogen and oxygen atoms in total. The Morgan fingerprint density at radius 1 is 1.15 bits per heavy atom. The van der Waals surface area contributed by atoms with Crippen molar-refractivity contribution in [2.75, 3.05) is 19.0 Å². The summed E-state index contributed by atoms with van der Waals surface area (Å²) < 4.78 is 0. The standard InChI is InChI=1S/C19H22ClN2O4/c20-11-4-12-21(18(14-23)16-5-2-1-3-6-16)19(24)13-15-7-9-17(10-8-15)22(25)26/h1-3,5-10,18,20,23H,4,11-14H2/q+1/t18-/m0/s1. The van der Waals surface area contributed by atoms with Gasteiger partial charge < -0.3 is 10.0 Å². The van der Waals surface area contributed by atoms with Gasteiger partial charge in [0.2, 0.25) is 5.91 Å². The molecule has 0 radical (unpaired) electrons. The number of nitrogens with zero attached hydrogens (tertiary/aromatic N) is 2. The fourth-order valence-corrected chi connectivity index (χ4v) is 2.89. The second-order valence-electron chi connectivity index (χ2n) is 5.85. The van der Waals surface area contributed by atoms with Crippen molar-refractivity contribution in [1.29, 1.82) is 0 Å². The lowest BCUT2D eigenvalue weighted by Gasteiger charge is -2.31. The average molecular weight is 378 g/mol. The molecular formula is C19H22ClN2O4+. The smallest absolute Gasteiger partial charge is 0.269 e. The molecular weight excluding hydrogens is 356 g/mol. The van der Waals surface area contributed by atoms with Gasteiger partial charge in [0, 0.05) is 25.1 Å². The molecule has 0 unspecified atom stereocenters. The number of hydrogen-bond donors (Lipinski definition) is 1. The monoisotopic (exact) mass is 377 g/mol. The van der Waals surface area contributed by atoms with E-state index in [1.54, 1.807) is 17.0 Å². The zero-order chi connectivity index (χ0) is 18.9. The van der Waals surface area contributed by atoms with Crippen LogP contribution >= 0.6 is 0 Å². The minimum atomic E-state index is -0.474. The molecule has 0 fully saturated rings. The molecule has 0 saturated heterocycles. The lowest BCUT2D eigenvalue weighted by molar-refractivity contribution is -0.384. The fourth-order valence-electron chi connectivity index (χ4n) is 2.76. The number of halogens is 1. The first-order valence-electron chi connectivity index (χ1n) is 8.33. The van der Waals surface area contributed by atoms with Crippen molar-refractivity contribution < 1.29 is 26.4 Å². The highest BCUT2D eigenvalue weighted by molar-refractivity contribution is 5.79. The van der Waals surface area contributed by atoms with Crippen LogP contribution < -0.4 is 0 Å². The Labute approximate surface area is 157 Å². The molecule has 0 spiro atoms. The Bertz CT molecular complexity index is 722. The molecule has 2 aromatic carbocycles. The molecule has 0 aliphatic carbocycles. The third kappa shape index (κ3) is 5.28. The van der Waals surface area contributed by atoms with Crippen LogP contribution in [0.5, 0.6) is 0 Å². The number of hydrogen-bond acceptors (Lipinski definition) is 4. The van der Waals surface area contributed by atoms with E-state index in [0.29, 0.717) is 24.4 Å². The number of amides is 1. The highest BCUT2D eigenvalue weighted by Gasteiger charge is 2.24. The van der Waals surface area contributed by atoms with Gasteiger partial charge in [-0.2, -0.15) is 0 Å². The van der Waals surface area contributed by atoms with Gasteiger partial charge in [-0.05, 0) is 11.1 Å². The van der Waals surface area contributed by atoms with Crippen molar-refractivity contribution in [2.24, 2.45) is 0 Å². The van der Waals surface area contributed by atoms with Crippen LogP contribution in [0.1, 0.15) is 23.6 Å². The van der Waals surface area contributed by atoms with E-state index >= 15 is 0 Å². The molecule has 138 valence electrons. The van der Waals surface area contributed by atoms with Gasteiger partial charge in [0.15, 0.2) is 5.88 Å². The number of aliphatic hydroxyl groups excluding tert-OH is 1. The average Bonchev–Trinajstić information content (AvgIpc) is 2.66. The maximum atomic E-state index is 12.9. The van der Waals surface area contributed by atoms with Crippen LogP contribution in [0.2, 0.25) is 0 Å². The predicted octanol–water partition coefficient (Wildman–Crippen LogP) is 2.37. The van der Waals surface area contributed by atoms with Crippen molar-refractivity contribution in [2.45, 2.75) is 18.9 Å². The highest BCUT2D eigenvalue weighted by atomic mass is 35.5. The number of carbonyl (C=O) groups is 1. The predicted molar refractivity (Wildman–Crippen MR) is 95.7 cm³/mol. The minimum Gasteiger partial charge on any atom is -0.394 e. The second kappa shape index (κ2) is 9.89. The lowest BCUT2D eigenvalue weighted by Crippen LogP contribution is -2.38. The van der Waals surface area contributed by atoms with E-state index in [1.807, 2.05) is 30.3 Å². The number of aliphatic hydroxyl groups is 1. The van der Waals surface area contributed by atoms with Crippen LogP contribution in [0.4, 0.5) is 5.69 Å². The second-order valence-corrected chi connectivity index (χ2v) is 6.26. The Hall–Kier alpha value is -2.44. The molecule has 0 heterocycles. The van der Waals surface area contributed by atoms with E-state index in [1.165, 1.54) is 12.1 Å². The first-order valence-corrected chi connectivity index (χ1v) is 8.91. The van der Waals surface area contributed by atoms with Crippen molar-refractivity contribution >= 4 is 11.6 Å². The van der Waals surface area contributed by atoms with E-state index in [2.05, 4.69) is 0 Å². The number of rotatable bonds is 9. The van der Waals surface area contributed by atoms with Gasteiger partial charge >= 0.3 is 0 Å². The SMILES string of the molecule is O=C(Cc1ccc([N+](=O)[O-])cc1)N(CCC[ClH+])[C@@H](CO)c1ccccc1. The summed E-state index contributed by atoms with van der Waals surface area (Å²) in [6, 6.07) is 14.9. The number of non-ortho nitro benzene ring substituents is 1. The fraction of sp³-hybridized carbons (Fsp3) is 0.316. The summed E-state index contributed by atoms with van der Waals surface area (Å²) in [6.45, 7) is 0.267. The molecule has 2 aromatic rings. The number of benzene rings is 2. The molecule has 7 heteroatoms. The molecule has 0 aliphatic rings. The van der Waals surface area contributed by atoms with Crippen LogP contribution in [0.15, 0.2) is 54.6 Å². The van der Waals surface area contributed by atoms with Gasteiger partial charge in [0.25, 0.3) is 5.69 Å². The summed E-state index contributed by atoms with van der Waals surface area (Å²) in [5.74, 6) is 0.374. The van der Waals surface area contributed by atoms with Gasteiger partial charge in [0.05, 0.1) is 24.0 Å². The Balaban J connectivity index is 2.18. The quantitative estimate of drug-likeness (QED) is 0.413. The van der Waals surface area contributed by atoms with Crippen molar-refractivity contribution in [3.05, 3.63) is 75.8 Å². The molecule has 0 saturated carbocycles. The van der Waals surface area contributed by atoms with Crippen molar-refractivity contribution in [3.63, 3.8) is 0 Å². The number of nitro groups is 1. The van der Waals surface area contributed by atoms with E-state index in [9.17, 15) is 20.0 Å². The molecule has 1 atom stereocenters. The topological polar surface area (TPSA) is 83.7 Å². The third-order valence-corrected chi connectivity index (χ3v) is 4.39. The molecule has 0 aromatic heterocycles. The zero-order valence-corrected chi connectivity index (χ0v) is 15.1. The van der Waals surface area contributed by atoms with E-state index in [-0.39, 0.29) is 24.6 Å². The van der Waals surface area contributed by atoms with Crippen LogP contribution in [0, 0.1) is 21.7 Å². The minimum absolute atomic E-state index is 0.0123. The number of carbonyl (C=O) groups excluding carboxylic acids is 1. The number of alkyl halides is 1. The lowest BCUT2D eigenvalue weighted by atomic mass is 10.0. The normalized spacial score (nSPS) is 11.8. The molecule has 1 N–H and O–H groups in total. The summed E-state index contributed by atoms with van der Waals surface area (Å²) in [6.07, 6.45) is 0.767. The number of nitro benzene ring substituents is 1. The maximum Gasteiger partial charge on any atom is 0.269 e. The summed E-state index contributed by atoms with van der Waals surface area (Å²) in [5, 5.41) is 20.6. The highest BCUT2D eigenvalue weighted by Crippen LogP contribution is 2.22. The van der Waals surface area contributed by atoms with E-state index in [0.717, 1.165) is 5.56 Å². The maximum absolute atomic E-state index is 12.9. The first-order chi connectivity index (χ1) is 12.6. The van der Waals surface area contributed by atoms with Gasteiger partial charge in [-0.25, -0.2) is 0 Å². The Kier molecular flexibility index (Phi) is 7.56. The van der Waals surface area contributed by atoms with Crippen LogP contribution in [0.25, 0.3) is 0 Å². The van der Waals surface area contributed by atoms with E-state index in [4.69, 9.17) is 11.6 Å². The van der Waals surface area contributed by atoms with Crippen LogP contribution in [0.3, 0.4) is 0 Å². The largest absolute Gasteiger partial charge is 0.394 e. The van der Waals surface area contributed by atoms with E-state index < -0.39 is 11.0 Å². The molecule has 1 amide bonds. The Morgan fingerprint density at radius 3 is 2.35 bits per heavy atom. The zero-order valence-electron chi connectivity index (χ0n) is 14.3. The molecule has 0 bridgehead atoms. The van der Waals surface area contributed by atoms with Gasteiger partial charge in [-0.3, -0.25) is 14.9 Å². The molecule has 26 heavy (non-hydrogen) atoms. The van der Waals surface area contributed by atoms with Crippen molar-refractivity contribution in [1.82, 2.24) is 4.90 Å². The summed E-state index contributed by atoms with van der Waals surface area (Å²) >= 11 is 5.00. The molecule has 0 aliphatic heterocycles. The Morgan fingerprint density at radius 2 is 1.81 bits per heavy atom. The third-order valence-electron chi connectivity index (χ3n) is 4.10. The van der Waals surface area contributed by atoms with Gasteiger partial charge in [0.1, 0.15) is 11.6 Å². The molecule has 2 rings (SSSR count). The summed E-state index contributed by atoms with van der Waals surface area (Å²) in [7, 11) is 0. The van der Waals surface area contributed by atoms with Crippen LogP contribution in [-0.4, -0.2) is 39.9 Å². The van der Waals surface area contributed by atoms with Gasteiger partial charge in [-0.1, -0.05) is 42.5 Å². The summed E-state index contributed by atoms with van der Waals surface area (Å²) in [4.78, 5) is 24.8. The summed E-state index contributed by atoms with van der Waals surface area (Å²) in [5.41, 5.74) is 1.53.